The Hall–Kier alpha value is -2.92. The monoisotopic (exact) mass is 340 g/mol. The molecule has 2 aromatic rings. The van der Waals surface area contributed by atoms with Crippen molar-refractivity contribution in [2.75, 3.05) is 12.3 Å². The molecule has 23 heavy (non-hydrogen) atoms. The zero-order valence-corrected chi connectivity index (χ0v) is 12.3. The molecule has 0 aliphatic rings. The van der Waals surface area contributed by atoms with Gasteiger partial charge in [0.25, 0.3) is 0 Å². The Morgan fingerprint density at radius 3 is 2.91 bits per heavy atom. The van der Waals surface area contributed by atoms with Gasteiger partial charge in [0.1, 0.15) is 11.4 Å². The normalized spacial score (nSPS) is 12.8. The van der Waals surface area contributed by atoms with Crippen LogP contribution in [0.2, 0.25) is 0 Å². The van der Waals surface area contributed by atoms with Gasteiger partial charge in [-0.2, -0.15) is 4.73 Å². The molecule has 2 rings (SSSR count). The first kappa shape index (κ1) is 16.5. The van der Waals surface area contributed by atoms with Crippen molar-refractivity contribution < 1.29 is 25.1 Å². The maximum Gasteiger partial charge on any atom is 0.223 e. The van der Waals surface area contributed by atoms with E-state index in [1.807, 2.05) is 0 Å². The minimum atomic E-state index is -1.25. The number of thiazole rings is 1. The maximum atomic E-state index is 11.4. The molecular weight excluding hydrogens is 328 g/mol. The Balaban J connectivity index is 2.29. The number of oxime groups is 1. The van der Waals surface area contributed by atoms with Gasteiger partial charge in [0, 0.05) is 11.4 Å². The number of nitrogen functional groups attached to an aromatic ring is 1. The largest absolute Gasteiger partial charge is 0.503 e. The zero-order chi connectivity index (χ0) is 17.0. The third-order valence-corrected chi connectivity index (χ3v) is 3.38. The smallest absolute Gasteiger partial charge is 0.223 e. The first-order valence-electron chi connectivity index (χ1n) is 6.12. The van der Waals surface area contributed by atoms with Gasteiger partial charge < -0.3 is 26.0 Å². The number of anilines is 1. The summed E-state index contributed by atoms with van der Waals surface area (Å²) in [5.41, 5.74) is 4.52. The highest BCUT2D eigenvalue weighted by atomic mass is 32.1. The first-order chi connectivity index (χ1) is 11.0. The number of aliphatic hydroxyl groups is 1. The summed E-state index contributed by atoms with van der Waals surface area (Å²) in [6, 6.07) is 0.868. The number of hydrogen-bond acceptors (Lipinski definition) is 10. The molecule has 5 N–H and O–H groups in total. The van der Waals surface area contributed by atoms with Crippen molar-refractivity contribution in [2.45, 2.75) is 6.10 Å². The van der Waals surface area contributed by atoms with E-state index in [0.29, 0.717) is 11.0 Å². The Morgan fingerprint density at radius 2 is 2.35 bits per heavy atom. The highest BCUT2D eigenvalue weighted by Crippen LogP contribution is 2.18. The summed E-state index contributed by atoms with van der Waals surface area (Å²) in [5, 5.41) is 33.4. The summed E-state index contributed by atoms with van der Waals surface area (Å²) in [5.74, 6) is -0.678. The highest BCUT2D eigenvalue weighted by molar-refractivity contribution is 7.13. The van der Waals surface area contributed by atoms with Gasteiger partial charge in [-0.3, -0.25) is 9.59 Å². The van der Waals surface area contributed by atoms with Gasteiger partial charge in [0.2, 0.25) is 5.43 Å². The van der Waals surface area contributed by atoms with Crippen molar-refractivity contribution in [1.29, 1.82) is 0 Å². The molecule has 0 spiro atoms. The molecule has 0 saturated carbocycles. The number of aromatic nitrogens is 2. The lowest BCUT2D eigenvalue weighted by Gasteiger charge is -2.15. The fourth-order valence-electron chi connectivity index (χ4n) is 1.60. The number of carbonyl (C=O) groups is 1. The van der Waals surface area contributed by atoms with E-state index in [1.54, 1.807) is 0 Å². The van der Waals surface area contributed by atoms with Crippen LogP contribution in [0.4, 0.5) is 5.13 Å². The molecule has 0 bridgehead atoms. The lowest BCUT2D eigenvalue weighted by atomic mass is 10.2. The van der Waals surface area contributed by atoms with Crippen molar-refractivity contribution >= 4 is 28.5 Å². The summed E-state index contributed by atoms with van der Waals surface area (Å²) in [6.07, 6.45) is -0.125. The molecule has 0 amide bonds. The zero-order valence-electron chi connectivity index (χ0n) is 11.5. The Bertz CT molecular complexity index is 799. The lowest BCUT2D eigenvalue weighted by Crippen LogP contribution is -2.18. The number of nitrogens with zero attached hydrogens (tertiary/aromatic N) is 3. The summed E-state index contributed by atoms with van der Waals surface area (Å²) in [4.78, 5) is 31.3. The minimum absolute atomic E-state index is 0.165. The highest BCUT2D eigenvalue weighted by Gasteiger charge is 2.19. The fourth-order valence-corrected chi connectivity index (χ4v) is 2.16. The SMILES string of the molecule is Nc1nc(/C(C=O)=N/OC(CO)c2cc(=O)c(O)cn2O)cs1. The molecule has 0 radical (unpaired) electrons. The summed E-state index contributed by atoms with van der Waals surface area (Å²) < 4.78 is 0.411. The van der Waals surface area contributed by atoms with Crippen LogP contribution >= 0.6 is 11.3 Å². The first-order valence-corrected chi connectivity index (χ1v) is 7.00. The van der Waals surface area contributed by atoms with E-state index >= 15 is 0 Å². The number of pyridine rings is 1. The Morgan fingerprint density at radius 1 is 1.61 bits per heavy atom. The number of carbonyl (C=O) groups excluding carboxylic acids is 1. The number of hydrogen-bond donors (Lipinski definition) is 4. The standard InChI is InChI=1S/C12H12N4O6S/c13-12-14-7(5-23-12)6(3-17)15-22-11(4-18)8-1-9(19)10(20)2-16(8)21/h1-3,5,11,18,20-21H,4H2,(H2,13,14)/b15-6+. The quantitative estimate of drug-likeness (QED) is 0.236. The van der Waals surface area contributed by atoms with Gasteiger partial charge in [-0.1, -0.05) is 5.16 Å². The second-order valence-corrected chi connectivity index (χ2v) is 5.12. The molecule has 0 saturated heterocycles. The molecule has 11 heteroatoms. The van der Waals surface area contributed by atoms with Crippen LogP contribution < -0.4 is 11.2 Å². The van der Waals surface area contributed by atoms with Crippen LogP contribution in [0.25, 0.3) is 0 Å². The van der Waals surface area contributed by atoms with Crippen LogP contribution in [-0.4, -0.2) is 43.7 Å². The predicted molar refractivity (Wildman–Crippen MR) is 79.6 cm³/mol. The van der Waals surface area contributed by atoms with Crippen molar-refractivity contribution in [1.82, 2.24) is 9.71 Å². The summed E-state index contributed by atoms with van der Waals surface area (Å²) >= 11 is 1.10. The van der Waals surface area contributed by atoms with Crippen molar-refractivity contribution in [3.8, 4) is 5.75 Å². The van der Waals surface area contributed by atoms with Gasteiger partial charge in [0.05, 0.1) is 12.8 Å². The second kappa shape index (κ2) is 6.89. The number of rotatable bonds is 6. The molecule has 2 heterocycles. The van der Waals surface area contributed by atoms with Crippen LogP contribution in [0.5, 0.6) is 5.75 Å². The third kappa shape index (κ3) is 3.64. The average molecular weight is 340 g/mol. The summed E-state index contributed by atoms with van der Waals surface area (Å²) in [6.45, 7) is -0.653. The van der Waals surface area contributed by atoms with Crippen LogP contribution in [0.15, 0.2) is 27.6 Å². The topological polar surface area (TPSA) is 160 Å². The predicted octanol–water partition coefficient (Wildman–Crippen LogP) is -0.517. The molecule has 1 atom stereocenters. The molecule has 0 aliphatic heterocycles. The molecule has 2 aromatic heterocycles. The van der Waals surface area contributed by atoms with E-state index in [9.17, 15) is 25.0 Å². The molecule has 0 aliphatic carbocycles. The molecule has 0 aromatic carbocycles. The number of aliphatic hydroxyl groups excluding tert-OH is 1. The number of nitrogens with two attached hydrogens (primary N) is 1. The Labute approximate surface area is 132 Å². The second-order valence-electron chi connectivity index (χ2n) is 4.23. The van der Waals surface area contributed by atoms with E-state index in [0.717, 1.165) is 23.6 Å². The van der Waals surface area contributed by atoms with E-state index in [2.05, 4.69) is 10.1 Å². The van der Waals surface area contributed by atoms with Crippen molar-refractivity contribution in [3.63, 3.8) is 0 Å². The van der Waals surface area contributed by atoms with Gasteiger partial charge >= 0.3 is 0 Å². The van der Waals surface area contributed by atoms with Gasteiger partial charge in [0.15, 0.2) is 29.0 Å². The van der Waals surface area contributed by atoms with E-state index in [-0.39, 0.29) is 22.2 Å². The Kier molecular flexibility index (Phi) is 4.93. The van der Waals surface area contributed by atoms with Crippen LogP contribution in [0.3, 0.4) is 0 Å². The van der Waals surface area contributed by atoms with Crippen molar-refractivity contribution in [2.24, 2.45) is 5.16 Å². The maximum absolute atomic E-state index is 11.4. The number of aromatic hydroxyl groups is 1. The van der Waals surface area contributed by atoms with Crippen LogP contribution in [0.1, 0.15) is 17.5 Å². The fraction of sp³-hybridized carbons (Fsp3) is 0.167. The minimum Gasteiger partial charge on any atom is -0.503 e. The van der Waals surface area contributed by atoms with Gasteiger partial charge in [-0.15, -0.1) is 11.3 Å². The van der Waals surface area contributed by atoms with Crippen molar-refractivity contribution in [3.05, 3.63) is 39.3 Å². The van der Waals surface area contributed by atoms with Gasteiger partial charge in [-0.25, -0.2) is 4.98 Å². The van der Waals surface area contributed by atoms with Crippen LogP contribution in [0, 0.1) is 0 Å². The van der Waals surface area contributed by atoms with E-state index in [1.165, 1.54) is 5.38 Å². The number of aldehydes is 1. The molecule has 10 nitrogen and oxygen atoms in total. The average Bonchev–Trinajstić information content (AvgIpc) is 2.94. The van der Waals surface area contributed by atoms with Crippen LogP contribution in [-0.2, 0) is 9.63 Å². The van der Waals surface area contributed by atoms with E-state index in [4.69, 9.17) is 10.6 Å². The summed E-state index contributed by atoms with van der Waals surface area (Å²) in [7, 11) is 0. The van der Waals surface area contributed by atoms with Gasteiger partial charge in [-0.05, 0) is 0 Å². The van der Waals surface area contributed by atoms with E-state index < -0.39 is 23.9 Å². The molecule has 0 fully saturated rings. The molecule has 1 unspecified atom stereocenters. The lowest BCUT2D eigenvalue weighted by molar-refractivity contribution is -0.103. The molecule has 122 valence electrons. The third-order valence-electron chi connectivity index (χ3n) is 2.71. The molecular formula is C12H12N4O6S.